The molecule has 1 nitrogen and oxygen atoms in total. The number of para-hydroxylation sites is 1. The Kier molecular flexibility index (Phi) is 12.9. The Balaban J connectivity index is 0.000000216. The van der Waals surface area contributed by atoms with Crippen LogP contribution in [0.4, 0.5) is 5.69 Å². The maximum absolute atomic E-state index is 4.68. The first kappa shape index (κ1) is 21.9. The number of rotatable bonds is 2. The topological polar surface area (TPSA) is 14.1 Å². The Hall–Kier alpha value is -0.0969. The molecule has 24 heavy (non-hydrogen) atoms. The maximum Gasteiger partial charge on any atom is 4.00 e. The molecule has 2 heteroatoms. The largest absolute Gasteiger partial charge is 4.00 e. The normalized spacial score (nSPS) is 24.9. The van der Waals surface area contributed by atoms with Gasteiger partial charge in [-0.15, -0.1) is 11.7 Å². The van der Waals surface area contributed by atoms with Gasteiger partial charge in [0.15, 0.2) is 0 Å². The zero-order valence-corrected chi connectivity index (χ0v) is 16.5. The Morgan fingerprint density at radius 3 is 1.54 bits per heavy atom. The SMILES string of the molecule is [CH2-][C@@H]1CCC[C@@H]1[N-]c1ccccc1.[CH]1[CH][CH][CH][CH]1.[CH]1[CH][CH][CH][CH]1.[Zr+4]. The number of benzene rings is 1. The fourth-order valence-electron chi connectivity index (χ4n) is 2.53. The van der Waals surface area contributed by atoms with E-state index in [1.165, 1.54) is 19.3 Å². The summed E-state index contributed by atoms with van der Waals surface area (Å²) in [5, 5.41) is 4.68. The van der Waals surface area contributed by atoms with Crippen molar-refractivity contribution in [2.75, 3.05) is 0 Å². The molecule has 0 spiro atoms. The van der Waals surface area contributed by atoms with E-state index in [1.807, 2.05) is 82.4 Å². The van der Waals surface area contributed by atoms with Crippen molar-refractivity contribution < 1.29 is 26.2 Å². The molecule has 0 aliphatic heterocycles. The molecule has 1 aromatic carbocycles. The molecular formula is C22H25NZr+2. The van der Waals surface area contributed by atoms with Gasteiger partial charge in [0.25, 0.3) is 0 Å². The molecule has 120 valence electrons. The molecule has 0 saturated heterocycles. The van der Waals surface area contributed by atoms with E-state index in [9.17, 15) is 0 Å². The Bertz CT molecular complexity index is 359. The van der Waals surface area contributed by atoms with E-state index in [2.05, 4.69) is 24.4 Å². The van der Waals surface area contributed by atoms with E-state index >= 15 is 0 Å². The van der Waals surface area contributed by atoms with Gasteiger partial charge in [-0.05, 0) is 64.2 Å². The van der Waals surface area contributed by atoms with Crippen molar-refractivity contribution in [1.82, 2.24) is 0 Å². The summed E-state index contributed by atoms with van der Waals surface area (Å²) in [4.78, 5) is 0. The quantitative estimate of drug-likeness (QED) is 0.568. The summed E-state index contributed by atoms with van der Waals surface area (Å²) < 4.78 is 0. The minimum absolute atomic E-state index is 0. The maximum atomic E-state index is 4.68. The molecule has 4 rings (SSSR count). The van der Waals surface area contributed by atoms with Crippen molar-refractivity contribution in [3.63, 3.8) is 0 Å². The van der Waals surface area contributed by atoms with Crippen LogP contribution in [0.1, 0.15) is 19.3 Å². The number of nitrogens with zero attached hydrogens (tertiary/aromatic N) is 1. The second-order valence-corrected chi connectivity index (χ2v) is 5.65. The minimum atomic E-state index is 0. The Labute approximate surface area is 169 Å². The van der Waals surface area contributed by atoms with Crippen LogP contribution >= 0.6 is 0 Å². The average molecular weight is 395 g/mol. The summed E-state index contributed by atoms with van der Waals surface area (Å²) in [6.07, 6.45) is 23.7. The van der Waals surface area contributed by atoms with Gasteiger partial charge < -0.3 is 12.2 Å². The first-order valence-corrected chi connectivity index (χ1v) is 8.28. The van der Waals surface area contributed by atoms with Gasteiger partial charge in [0.1, 0.15) is 0 Å². The van der Waals surface area contributed by atoms with Crippen LogP contribution in [0, 0.1) is 77.0 Å². The molecule has 0 bridgehead atoms. The zero-order valence-electron chi connectivity index (χ0n) is 14.1. The van der Waals surface area contributed by atoms with Gasteiger partial charge in [-0.25, -0.2) is 0 Å². The smallest absolute Gasteiger partial charge is 0.683 e. The molecule has 3 aliphatic rings. The minimum Gasteiger partial charge on any atom is -0.683 e. The summed E-state index contributed by atoms with van der Waals surface area (Å²) in [7, 11) is 0. The van der Waals surface area contributed by atoms with Crippen LogP contribution in [0.15, 0.2) is 30.3 Å². The van der Waals surface area contributed by atoms with Crippen LogP contribution in [-0.2, 0) is 26.2 Å². The standard InChI is InChI=1S/C12H15N.2C5H5.Zr/c1-10-6-5-9-12(10)13-11-7-3-2-4-8-11;2*1-2-4-5-3-1;/h2-4,7-8,10,12H,1,5-6,9H2;2*1-5H;/q-2;;;+4/t10-,12+;;;/m1.../s1. The average Bonchev–Trinajstić information content (AvgIpc) is 3.36. The third kappa shape index (κ3) is 9.40. The Morgan fingerprint density at radius 1 is 0.708 bits per heavy atom. The van der Waals surface area contributed by atoms with E-state index in [0.29, 0.717) is 12.0 Å². The molecule has 3 aliphatic carbocycles. The zero-order chi connectivity index (χ0) is 16.2. The van der Waals surface area contributed by atoms with Crippen LogP contribution in [0.25, 0.3) is 5.32 Å². The molecule has 0 unspecified atom stereocenters. The van der Waals surface area contributed by atoms with Crippen LogP contribution in [0.2, 0.25) is 0 Å². The van der Waals surface area contributed by atoms with Gasteiger partial charge in [-0.1, -0.05) is 49.6 Å². The molecular weight excluding hydrogens is 369 g/mol. The first-order valence-electron chi connectivity index (χ1n) is 8.28. The second-order valence-electron chi connectivity index (χ2n) is 5.65. The van der Waals surface area contributed by atoms with Gasteiger partial charge in [-0.3, -0.25) is 0 Å². The summed E-state index contributed by atoms with van der Waals surface area (Å²) in [6, 6.07) is 10.7. The summed E-state index contributed by atoms with van der Waals surface area (Å²) >= 11 is 0. The molecule has 0 heterocycles. The van der Waals surface area contributed by atoms with E-state index in [1.54, 1.807) is 0 Å². The van der Waals surface area contributed by atoms with Crippen LogP contribution in [-0.4, -0.2) is 6.04 Å². The number of hydrogen-bond acceptors (Lipinski definition) is 0. The Morgan fingerprint density at radius 2 is 1.17 bits per heavy atom. The van der Waals surface area contributed by atoms with Gasteiger partial charge >= 0.3 is 26.2 Å². The van der Waals surface area contributed by atoms with Crippen molar-refractivity contribution in [3.05, 3.63) is 107 Å². The van der Waals surface area contributed by atoms with Crippen molar-refractivity contribution in [2.45, 2.75) is 25.3 Å². The molecule has 0 N–H and O–H groups in total. The van der Waals surface area contributed by atoms with Crippen LogP contribution in [0.3, 0.4) is 0 Å². The number of hydrogen-bond donors (Lipinski definition) is 0. The third-order valence-corrected chi connectivity index (χ3v) is 3.80. The van der Waals surface area contributed by atoms with Crippen LogP contribution in [0.5, 0.6) is 0 Å². The van der Waals surface area contributed by atoms with E-state index in [0.717, 1.165) is 5.69 Å². The predicted molar refractivity (Wildman–Crippen MR) is 98.9 cm³/mol. The first-order chi connectivity index (χ1) is 11.4. The van der Waals surface area contributed by atoms with Gasteiger partial charge in [0.05, 0.1) is 0 Å². The van der Waals surface area contributed by atoms with Gasteiger partial charge in [-0.2, -0.15) is 5.92 Å². The second kappa shape index (κ2) is 14.1. The molecule has 0 aromatic heterocycles. The monoisotopic (exact) mass is 393 g/mol. The van der Waals surface area contributed by atoms with Crippen molar-refractivity contribution in [1.29, 1.82) is 0 Å². The molecule has 3 fully saturated rings. The fraction of sp³-hybridized carbons (Fsp3) is 0.227. The fourth-order valence-corrected chi connectivity index (χ4v) is 2.53. The van der Waals surface area contributed by atoms with E-state index < -0.39 is 0 Å². The molecule has 2 atom stereocenters. The van der Waals surface area contributed by atoms with Crippen molar-refractivity contribution in [2.24, 2.45) is 5.92 Å². The summed E-state index contributed by atoms with van der Waals surface area (Å²) in [5.41, 5.74) is 1.10. The third-order valence-electron chi connectivity index (χ3n) is 3.80. The molecule has 10 radical (unpaired) electrons. The van der Waals surface area contributed by atoms with Crippen LogP contribution < -0.4 is 0 Å². The molecule has 1 aromatic rings. The van der Waals surface area contributed by atoms with Crippen molar-refractivity contribution >= 4 is 5.69 Å². The van der Waals surface area contributed by atoms with Gasteiger partial charge in [0.2, 0.25) is 0 Å². The predicted octanol–water partition coefficient (Wildman–Crippen LogP) is 5.73. The van der Waals surface area contributed by atoms with E-state index in [-0.39, 0.29) is 26.2 Å². The van der Waals surface area contributed by atoms with Gasteiger partial charge in [0, 0.05) is 0 Å². The van der Waals surface area contributed by atoms with Crippen molar-refractivity contribution in [3.8, 4) is 0 Å². The van der Waals surface area contributed by atoms with E-state index in [4.69, 9.17) is 0 Å². The summed E-state index contributed by atoms with van der Waals surface area (Å²) in [5.74, 6) is 0.528. The summed E-state index contributed by atoms with van der Waals surface area (Å²) in [6.45, 7) is 4.12. The molecule has 0 amide bonds. The molecule has 3 saturated carbocycles.